The Morgan fingerprint density at radius 1 is 0.963 bits per heavy atom. The van der Waals surface area contributed by atoms with E-state index in [1.54, 1.807) is 6.92 Å². The molecular weight excluding hydrogens is 342 g/mol. The van der Waals surface area contributed by atoms with Crippen LogP contribution in [0, 0.1) is 6.92 Å². The van der Waals surface area contributed by atoms with Gasteiger partial charge in [-0.2, -0.15) is 0 Å². The van der Waals surface area contributed by atoms with E-state index in [0.29, 0.717) is 30.5 Å². The molecule has 0 aliphatic carbocycles. The number of amides is 1. The van der Waals surface area contributed by atoms with Crippen LogP contribution in [-0.4, -0.2) is 25.2 Å². The zero-order valence-electron chi connectivity index (χ0n) is 16.7. The van der Waals surface area contributed by atoms with E-state index in [4.69, 9.17) is 14.2 Å². The lowest BCUT2D eigenvalue weighted by Crippen LogP contribution is -2.37. The second kappa shape index (κ2) is 9.86. The smallest absolute Gasteiger partial charge is 0.261 e. The maximum Gasteiger partial charge on any atom is 0.261 e. The number of nitrogens with one attached hydrogen (secondary N) is 1. The van der Waals surface area contributed by atoms with Crippen molar-refractivity contribution in [3.8, 4) is 17.2 Å². The lowest BCUT2D eigenvalue weighted by atomic mass is 10.1. The predicted molar refractivity (Wildman–Crippen MR) is 107 cm³/mol. The first-order valence-corrected chi connectivity index (χ1v) is 9.38. The van der Waals surface area contributed by atoms with E-state index < -0.39 is 6.10 Å². The van der Waals surface area contributed by atoms with Crippen molar-refractivity contribution in [3.05, 3.63) is 53.6 Å². The molecule has 2 atom stereocenters. The molecular formula is C22H29NO4. The Labute approximate surface area is 161 Å². The first-order valence-electron chi connectivity index (χ1n) is 9.38. The summed E-state index contributed by atoms with van der Waals surface area (Å²) < 4.78 is 17.1. The van der Waals surface area contributed by atoms with Gasteiger partial charge in [0, 0.05) is 0 Å². The zero-order valence-corrected chi connectivity index (χ0v) is 16.7. The van der Waals surface area contributed by atoms with Crippen LogP contribution in [0.1, 0.15) is 44.9 Å². The quantitative estimate of drug-likeness (QED) is 0.708. The third kappa shape index (κ3) is 5.64. The standard InChI is InChI=1S/C22H29NO4/c1-6-25-20-13-12-18(14-21(20)26-7-2)16(4)23-22(24)17(5)27-19-11-9-8-10-15(19)3/h8-14,16-17H,6-7H2,1-5H3,(H,23,24). The first-order chi connectivity index (χ1) is 13.0. The summed E-state index contributed by atoms with van der Waals surface area (Å²) in [5.74, 6) is 1.94. The highest BCUT2D eigenvalue weighted by molar-refractivity contribution is 5.81. The number of hydrogen-bond acceptors (Lipinski definition) is 4. The van der Waals surface area contributed by atoms with Crippen LogP contribution >= 0.6 is 0 Å². The van der Waals surface area contributed by atoms with Crippen molar-refractivity contribution in [1.29, 1.82) is 0 Å². The number of benzene rings is 2. The van der Waals surface area contributed by atoms with E-state index in [2.05, 4.69) is 5.32 Å². The molecule has 2 aromatic carbocycles. The SMILES string of the molecule is CCOc1ccc(C(C)NC(=O)C(C)Oc2ccccc2C)cc1OCC. The fourth-order valence-electron chi connectivity index (χ4n) is 2.68. The molecule has 0 saturated carbocycles. The summed E-state index contributed by atoms with van der Waals surface area (Å²) in [5.41, 5.74) is 1.94. The van der Waals surface area contributed by atoms with Gasteiger partial charge in [-0.1, -0.05) is 24.3 Å². The molecule has 0 aromatic heterocycles. The second-order valence-electron chi connectivity index (χ2n) is 6.33. The Bertz CT molecular complexity index is 760. The van der Waals surface area contributed by atoms with Crippen LogP contribution in [0.2, 0.25) is 0 Å². The van der Waals surface area contributed by atoms with Crippen molar-refractivity contribution >= 4 is 5.91 Å². The molecule has 146 valence electrons. The number of rotatable bonds is 9. The van der Waals surface area contributed by atoms with Gasteiger partial charge in [0.2, 0.25) is 0 Å². The van der Waals surface area contributed by atoms with Crippen LogP contribution in [0.3, 0.4) is 0 Å². The van der Waals surface area contributed by atoms with Crippen molar-refractivity contribution in [2.24, 2.45) is 0 Å². The van der Waals surface area contributed by atoms with Gasteiger partial charge in [-0.05, 0) is 63.9 Å². The number of ether oxygens (including phenoxy) is 3. The van der Waals surface area contributed by atoms with Crippen molar-refractivity contribution in [2.75, 3.05) is 13.2 Å². The Balaban J connectivity index is 2.04. The van der Waals surface area contributed by atoms with Gasteiger partial charge in [-0.25, -0.2) is 0 Å². The number of carbonyl (C=O) groups excluding carboxylic acids is 1. The third-order valence-corrected chi connectivity index (χ3v) is 4.19. The van der Waals surface area contributed by atoms with Crippen molar-refractivity contribution in [2.45, 2.75) is 46.8 Å². The van der Waals surface area contributed by atoms with Crippen molar-refractivity contribution < 1.29 is 19.0 Å². The average Bonchev–Trinajstić information content (AvgIpc) is 2.65. The molecule has 0 heterocycles. The highest BCUT2D eigenvalue weighted by atomic mass is 16.5. The minimum Gasteiger partial charge on any atom is -0.490 e. The van der Waals surface area contributed by atoms with Crippen LogP contribution in [0.25, 0.3) is 0 Å². The minimum atomic E-state index is -0.595. The first kappa shape index (κ1) is 20.6. The Morgan fingerprint density at radius 3 is 2.30 bits per heavy atom. The van der Waals surface area contributed by atoms with Gasteiger partial charge in [-0.15, -0.1) is 0 Å². The Morgan fingerprint density at radius 2 is 1.63 bits per heavy atom. The Kier molecular flexibility index (Phi) is 7.53. The number of carbonyl (C=O) groups is 1. The van der Waals surface area contributed by atoms with E-state index in [-0.39, 0.29) is 11.9 Å². The van der Waals surface area contributed by atoms with E-state index in [9.17, 15) is 4.79 Å². The number of para-hydroxylation sites is 1. The second-order valence-corrected chi connectivity index (χ2v) is 6.33. The fraction of sp³-hybridized carbons (Fsp3) is 0.409. The summed E-state index contributed by atoms with van der Waals surface area (Å²) >= 11 is 0. The maximum atomic E-state index is 12.5. The summed E-state index contributed by atoms with van der Waals surface area (Å²) in [7, 11) is 0. The maximum absolute atomic E-state index is 12.5. The summed E-state index contributed by atoms with van der Waals surface area (Å²) in [6, 6.07) is 13.2. The van der Waals surface area contributed by atoms with Crippen LogP contribution in [-0.2, 0) is 4.79 Å². The molecule has 5 nitrogen and oxygen atoms in total. The molecule has 0 radical (unpaired) electrons. The van der Waals surface area contributed by atoms with E-state index in [1.165, 1.54) is 0 Å². The molecule has 0 fully saturated rings. The van der Waals surface area contributed by atoms with Crippen molar-refractivity contribution in [3.63, 3.8) is 0 Å². The van der Waals surface area contributed by atoms with Gasteiger partial charge in [-0.3, -0.25) is 4.79 Å². The van der Waals surface area contributed by atoms with Crippen molar-refractivity contribution in [1.82, 2.24) is 5.32 Å². The molecule has 0 saturated heterocycles. The fourth-order valence-corrected chi connectivity index (χ4v) is 2.68. The third-order valence-electron chi connectivity index (χ3n) is 4.19. The van der Waals surface area contributed by atoms with Gasteiger partial charge in [0.05, 0.1) is 19.3 Å². The molecule has 0 aliphatic rings. The Hall–Kier alpha value is -2.69. The lowest BCUT2D eigenvalue weighted by Gasteiger charge is -2.21. The van der Waals surface area contributed by atoms with Gasteiger partial charge in [0.25, 0.3) is 5.91 Å². The highest BCUT2D eigenvalue weighted by Crippen LogP contribution is 2.30. The van der Waals surface area contributed by atoms with Crippen LogP contribution in [0.4, 0.5) is 0 Å². The number of aryl methyl sites for hydroxylation is 1. The van der Waals surface area contributed by atoms with Gasteiger partial charge in [0.1, 0.15) is 5.75 Å². The average molecular weight is 371 g/mol. The molecule has 2 unspecified atom stereocenters. The summed E-state index contributed by atoms with van der Waals surface area (Å²) in [5, 5.41) is 3.00. The van der Waals surface area contributed by atoms with Gasteiger partial charge >= 0.3 is 0 Å². The van der Waals surface area contributed by atoms with Crippen LogP contribution < -0.4 is 19.5 Å². The zero-order chi connectivity index (χ0) is 19.8. The molecule has 2 rings (SSSR count). The summed E-state index contributed by atoms with van der Waals surface area (Å²) in [4.78, 5) is 12.5. The topological polar surface area (TPSA) is 56.8 Å². The molecule has 0 bridgehead atoms. The van der Waals surface area contributed by atoms with Gasteiger partial charge in [0.15, 0.2) is 17.6 Å². The molecule has 0 spiro atoms. The molecule has 1 amide bonds. The van der Waals surface area contributed by atoms with E-state index in [1.807, 2.05) is 70.2 Å². The summed E-state index contributed by atoms with van der Waals surface area (Å²) in [6.45, 7) is 10.6. The molecule has 2 aromatic rings. The van der Waals surface area contributed by atoms with Crippen LogP contribution in [0.15, 0.2) is 42.5 Å². The minimum absolute atomic E-state index is 0.169. The van der Waals surface area contributed by atoms with E-state index in [0.717, 1.165) is 11.1 Å². The van der Waals surface area contributed by atoms with Crippen LogP contribution in [0.5, 0.6) is 17.2 Å². The highest BCUT2D eigenvalue weighted by Gasteiger charge is 2.19. The molecule has 1 N–H and O–H groups in total. The lowest BCUT2D eigenvalue weighted by molar-refractivity contribution is -0.127. The molecule has 5 heteroatoms. The summed E-state index contributed by atoms with van der Waals surface area (Å²) in [6.07, 6.45) is -0.595. The molecule has 27 heavy (non-hydrogen) atoms. The normalized spacial score (nSPS) is 12.8. The van der Waals surface area contributed by atoms with Gasteiger partial charge < -0.3 is 19.5 Å². The molecule has 0 aliphatic heterocycles. The predicted octanol–water partition coefficient (Wildman–Crippen LogP) is 4.44. The van der Waals surface area contributed by atoms with E-state index >= 15 is 0 Å². The largest absolute Gasteiger partial charge is 0.490 e. The monoisotopic (exact) mass is 371 g/mol. The number of hydrogen-bond donors (Lipinski definition) is 1.